The number of nitrogens with zero attached hydrogens (tertiary/aromatic N) is 1. The van der Waals surface area contributed by atoms with Crippen LogP contribution in [0, 0.1) is 15.9 Å². The second kappa shape index (κ2) is 7.57. The van der Waals surface area contributed by atoms with Crippen LogP contribution in [0.1, 0.15) is 10.4 Å². The van der Waals surface area contributed by atoms with Gasteiger partial charge in [-0.3, -0.25) is 14.9 Å². The molecule has 0 aliphatic heterocycles. The normalized spacial score (nSPS) is 11.0. The van der Waals surface area contributed by atoms with Crippen molar-refractivity contribution in [3.63, 3.8) is 0 Å². The maximum atomic E-state index is 13.0. The summed E-state index contributed by atoms with van der Waals surface area (Å²) in [4.78, 5) is 22.3. The van der Waals surface area contributed by atoms with Gasteiger partial charge in [-0.1, -0.05) is 12.1 Å². The molecule has 0 radical (unpaired) electrons. The van der Waals surface area contributed by atoms with Crippen LogP contribution in [-0.4, -0.2) is 19.2 Å². The molecule has 9 heteroatoms. The first kappa shape index (κ1) is 19.2. The Morgan fingerprint density at radius 2 is 1.54 bits per heavy atom. The zero-order valence-electron chi connectivity index (χ0n) is 14.2. The molecular weight excluding hydrogens is 387 g/mol. The largest absolute Gasteiger partial charge is 0.322 e. The summed E-state index contributed by atoms with van der Waals surface area (Å²) < 4.78 is 38.9. The van der Waals surface area contributed by atoms with E-state index >= 15 is 0 Å². The number of hydrogen-bond donors (Lipinski definition) is 1. The van der Waals surface area contributed by atoms with Gasteiger partial charge in [0.25, 0.3) is 11.6 Å². The maximum absolute atomic E-state index is 13.0. The Bertz CT molecular complexity index is 1140. The van der Waals surface area contributed by atoms with Crippen molar-refractivity contribution in [1.29, 1.82) is 0 Å². The lowest BCUT2D eigenvalue weighted by atomic mass is 10.2. The minimum atomic E-state index is -4.10. The Morgan fingerprint density at radius 1 is 0.929 bits per heavy atom. The van der Waals surface area contributed by atoms with Crippen LogP contribution in [-0.2, 0) is 9.84 Å². The number of sulfone groups is 1. The number of nitro benzene ring substituents is 1. The second-order valence-electron chi connectivity index (χ2n) is 5.71. The Balaban J connectivity index is 1.97. The van der Waals surface area contributed by atoms with Crippen LogP contribution in [0.2, 0.25) is 0 Å². The van der Waals surface area contributed by atoms with Gasteiger partial charge in [-0.25, -0.2) is 12.8 Å². The molecule has 3 rings (SSSR count). The minimum Gasteiger partial charge on any atom is -0.322 e. The Morgan fingerprint density at radius 3 is 2.14 bits per heavy atom. The SMILES string of the molecule is O=C(Nc1ccc(F)cc1)c1ccccc1S(=O)(=O)c1ccc([N+](=O)[O-])cc1. The molecule has 0 bridgehead atoms. The highest BCUT2D eigenvalue weighted by Gasteiger charge is 2.25. The molecule has 142 valence electrons. The molecule has 0 unspecified atom stereocenters. The van der Waals surface area contributed by atoms with E-state index < -0.39 is 26.5 Å². The van der Waals surface area contributed by atoms with Gasteiger partial charge >= 0.3 is 0 Å². The summed E-state index contributed by atoms with van der Waals surface area (Å²) >= 11 is 0. The molecule has 1 amide bonds. The molecule has 3 aromatic carbocycles. The van der Waals surface area contributed by atoms with Gasteiger partial charge in [0.1, 0.15) is 5.82 Å². The van der Waals surface area contributed by atoms with Crippen LogP contribution in [0.15, 0.2) is 82.6 Å². The third kappa shape index (κ3) is 3.89. The zero-order valence-corrected chi connectivity index (χ0v) is 15.0. The number of nitrogens with one attached hydrogen (secondary N) is 1. The van der Waals surface area contributed by atoms with Crippen LogP contribution < -0.4 is 5.32 Å². The van der Waals surface area contributed by atoms with Crippen molar-refractivity contribution in [2.24, 2.45) is 0 Å². The van der Waals surface area contributed by atoms with E-state index in [0.29, 0.717) is 5.69 Å². The first-order valence-corrected chi connectivity index (χ1v) is 9.43. The monoisotopic (exact) mass is 400 g/mol. The highest BCUT2D eigenvalue weighted by Crippen LogP contribution is 2.26. The van der Waals surface area contributed by atoms with Crippen LogP contribution >= 0.6 is 0 Å². The van der Waals surface area contributed by atoms with E-state index in [1.807, 2.05) is 0 Å². The number of anilines is 1. The molecule has 1 N–H and O–H groups in total. The molecule has 3 aromatic rings. The molecule has 0 aromatic heterocycles. The van der Waals surface area contributed by atoms with E-state index in [1.165, 1.54) is 36.4 Å². The quantitative estimate of drug-likeness (QED) is 0.518. The first-order valence-electron chi connectivity index (χ1n) is 7.94. The molecular formula is C19H13FN2O5S. The summed E-state index contributed by atoms with van der Waals surface area (Å²) in [5.74, 6) is -1.16. The molecule has 0 aliphatic rings. The van der Waals surface area contributed by atoms with E-state index in [2.05, 4.69) is 5.32 Å². The number of nitro groups is 1. The van der Waals surface area contributed by atoms with Gasteiger partial charge < -0.3 is 5.32 Å². The van der Waals surface area contributed by atoms with Crippen molar-refractivity contribution in [1.82, 2.24) is 0 Å². The van der Waals surface area contributed by atoms with E-state index in [9.17, 15) is 27.7 Å². The van der Waals surface area contributed by atoms with Crippen LogP contribution in [0.25, 0.3) is 0 Å². The van der Waals surface area contributed by atoms with E-state index in [1.54, 1.807) is 0 Å². The van der Waals surface area contributed by atoms with Crippen molar-refractivity contribution in [3.05, 3.63) is 94.3 Å². The summed E-state index contributed by atoms with van der Waals surface area (Å²) in [7, 11) is -4.10. The predicted octanol–water partition coefficient (Wildman–Crippen LogP) is 3.82. The summed E-state index contributed by atoms with van der Waals surface area (Å²) in [6.45, 7) is 0. The summed E-state index contributed by atoms with van der Waals surface area (Å²) in [6.07, 6.45) is 0. The minimum absolute atomic E-state index is 0.106. The molecule has 0 atom stereocenters. The van der Waals surface area contributed by atoms with Crippen LogP contribution in [0.3, 0.4) is 0 Å². The highest BCUT2D eigenvalue weighted by atomic mass is 32.2. The lowest BCUT2D eigenvalue weighted by molar-refractivity contribution is -0.384. The molecule has 0 spiro atoms. The fourth-order valence-corrected chi connectivity index (χ4v) is 3.95. The fourth-order valence-electron chi connectivity index (χ4n) is 2.49. The van der Waals surface area contributed by atoms with Crippen molar-refractivity contribution in [2.45, 2.75) is 9.79 Å². The smallest absolute Gasteiger partial charge is 0.269 e. The Hall–Kier alpha value is -3.59. The number of amides is 1. The number of non-ortho nitro benzene ring substituents is 1. The number of hydrogen-bond acceptors (Lipinski definition) is 5. The van der Waals surface area contributed by atoms with Gasteiger partial charge in [0.15, 0.2) is 0 Å². The molecule has 0 heterocycles. The average molecular weight is 400 g/mol. The number of rotatable bonds is 5. The average Bonchev–Trinajstić information content (AvgIpc) is 2.69. The molecule has 28 heavy (non-hydrogen) atoms. The topological polar surface area (TPSA) is 106 Å². The van der Waals surface area contributed by atoms with E-state index in [4.69, 9.17) is 0 Å². The standard InChI is InChI=1S/C19H13FN2O5S/c20-13-5-7-14(8-6-13)21-19(23)17-3-1-2-4-18(17)28(26,27)16-11-9-15(10-12-16)22(24)25/h1-12H,(H,21,23). The van der Waals surface area contributed by atoms with Crippen LogP contribution in [0.5, 0.6) is 0 Å². The lowest BCUT2D eigenvalue weighted by Crippen LogP contribution is -2.16. The van der Waals surface area contributed by atoms with E-state index in [0.717, 1.165) is 36.4 Å². The molecule has 7 nitrogen and oxygen atoms in total. The highest BCUT2D eigenvalue weighted by molar-refractivity contribution is 7.91. The number of carbonyl (C=O) groups excluding carboxylic acids is 1. The Kier molecular flexibility index (Phi) is 5.18. The zero-order chi connectivity index (χ0) is 20.3. The number of carbonyl (C=O) groups is 1. The molecule has 0 aliphatic carbocycles. The summed E-state index contributed by atoms with van der Waals surface area (Å²) in [5.41, 5.74) is -0.0552. The Labute approximate surface area is 159 Å². The third-order valence-electron chi connectivity index (χ3n) is 3.88. The van der Waals surface area contributed by atoms with Gasteiger partial charge in [0, 0.05) is 17.8 Å². The molecule has 0 saturated carbocycles. The number of halogens is 1. The molecule has 0 fully saturated rings. The van der Waals surface area contributed by atoms with Gasteiger partial charge in [-0.2, -0.15) is 0 Å². The third-order valence-corrected chi connectivity index (χ3v) is 5.71. The van der Waals surface area contributed by atoms with E-state index in [-0.39, 0.29) is 21.0 Å². The second-order valence-corrected chi connectivity index (χ2v) is 7.63. The summed E-state index contributed by atoms with van der Waals surface area (Å²) in [5, 5.41) is 13.3. The summed E-state index contributed by atoms with van der Waals surface area (Å²) in [6, 6.07) is 15.0. The van der Waals surface area contributed by atoms with Gasteiger partial charge in [0.2, 0.25) is 9.84 Å². The van der Waals surface area contributed by atoms with Crippen LogP contribution in [0.4, 0.5) is 15.8 Å². The van der Waals surface area contributed by atoms with Gasteiger partial charge in [0.05, 0.1) is 20.3 Å². The maximum Gasteiger partial charge on any atom is 0.269 e. The van der Waals surface area contributed by atoms with Gasteiger partial charge in [-0.15, -0.1) is 0 Å². The predicted molar refractivity (Wildman–Crippen MR) is 99.3 cm³/mol. The van der Waals surface area contributed by atoms with Crippen molar-refractivity contribution in [2.75, 3.05) is 5.32 Å². The lowest BCUT2D eigenvalue weighted by Gasteiger charge is -2.11. The van der Waals surface area contributed by atoms with Crippen molar-refractivity contribution >= 4 is 27.1 Å². The first-order chi connectivity index (χ1) is 13.3. The fraction of sp³-hybridized carbons (Fsp3) is 0. The number of benzene rings is 3. The van der Waals surface area contributed by atoms with Crippen molar-refractivity contribution < 1.29 is 22.5 Å². The van der Waals surface area contributed by atoms with Gasteiger partial charge in [-0.05, 0) is 48.5 Å². The van der Waals surface area contributed by atoms with Crippen molar-refractivity contribution in [3.8, 4) is 0 Å². The molecule has 0 saturated heterocycles.